The minimum atomic E-state index is -1.82. The lowest BCUT2D eigenvalue weighted by molar-refractivity contribution is -0.159. The molecule has 0 radical (unpaired) electrons. The van der Waals surface area contributed by atoms with Crippen LogP contribution in [-0.2, 0) is 9.59 Å². The van der Waals surface area contributed by atoms with Crippen molar-refractivity contribution in [3.63, 3.8) is 0 Å². The summed E-state index contributed by atoms with van der Waals surface area (Å²) in [5, 5.41) is 14.8. The van der Waals surface area contributed by atoms with E-state index in [0.29, 0.717) is 24.0 Å². The van der Waals surface area contributed by atoms with Gasteiger partial charge in [-0.25, -0.2) is 19.6 Å². The van der Waals surface area contributed by atoms with Crippen LogP contribution in [-0.4, -0.2) is 55.1 Å². The molecule has 1 aromatic rings. The number of hydrogen-bond acceptors (Lipinski definition) is 5. The number of aromatic nitrogens is 2. The largest absolute Gasteiger partial charge is 0.473 e. The second-order valence-electron chi connectivity index (χ2n) is 8.02. The highest BCUT2D eigenvalue weighted by Crippen LogP contribution is 2.30. The van der Waals surface area contributed by atoms with Crippen LogP contribution >= 0.6 is 0 Å². The zero-order valence-corrected chi connectivity index (χ0v) is 17.9. The first-order valence-electron chi connectivity index (χ1n) is 10.7. The van der Waals surface area contributed by atoms with Gasteiger partial charge in [0.05, 0.1) is 0 Å². The van der Waals surface area contributed by atoms with Gasteiger partial charge in [-0.05, 0) is 45.6 Å². The molecule has 0 amide bonds. The Hall–Kier alpha value is -2.71. The maximum atomic E-state index is 9.10. The van der Waals surface area contributed by atoms with Crippen LogP contribution in [0.25, 0.3) is 0 Å². The third-order valence-electron chi connectivity index (χ3n) is 5.57. The molecule has 9 heteroatoms. The SMILES string of the molecule is Cc1cc(C)nc(/N=C(\N)N(C2CCCCC2)C2CCCCC2)n1.O=C(O)C(=O)O. The van der Waals surface area contributed by atoms with Crippen molar-refractivity contribution in [3.05, 3.63) is 17.5 Å². The third-order valence-corrected chi connectivity index (χ3v) is 5.57. The van der Waals surface area contributed by atoms with Gasteiger partial charge in [-0.1, -0.05) is 38.5 Å². The van der Waals surface area contributed by atoms with E-state index in [0.717, 1.165) is 11.4 Å². The van der Waals surface area contributed by atoms with Crippen molar-refractivity contribution in [2.45, 2.75) is 90.1 Å². The Kier molecular flexibility index (Phi) is 9.01. The smallest absolute Gasteiger partial charge is 0.414 e. The Morgan fingerprint density at radius 3 is 1.67 bits per heavy atom. The summed E-state index contributed by atoms with van der Waals surface area (Å²) in [6.07, 6.45) is 12.9. The van der Waals surface area contributed by atoms with Crippen molar-refractivity contribution in [2.24, 2.45) is 10.7 Å². The molecule has 0 aromatic carbocycles. The van der Waals surface area contributed by atoms with E-state index in [9.17, 15) is 0 Å². The highest BCUT2D eigenvalue weighted by molar-refractivity contribution is 6.27. The monoisotopic (exact) mass is 419 g/mol. The number of aliphatic carboxylic acids is 2. The van der Waals surface area contributed by atoms with Gasteiger partial charge in [0.2, 0.25) is 0 Å². The summed E-state index contributed by atoms with van der Waals surface area (Å²) in [6, 6.07) is 3.04. The van der Waals surface area contributed by atoms with Gasteiger partial charge in [0, 0.05) is 23.5 Å². The minimum Gasteiger partial charge on any atom is -0.473 e. The van der Waals surface area contributed by atoms with Crippen molar-refractivity contribution < 1.29 is 19.8 Å². The van der Waals surface area contributed by atoms with E-state index >= 15 is 0 Å². The van der Waals surface area contributed by atoms with Crippen LogP contribution in [0.1, 0.15) is 75.6 Å². The molecule has 9 nitrogen and oxygen atoms in total. The molecule has 0 saturated heterocycles. The van der Waals surface area contributed by atoms with Crippen LogP contribution in [0.15, 0.2) is 11.1 Å². The van der Waals surface area contributed by atoms with E-state index in [-0.39, 0.29) is 0 Å². The Balaban J connectivity index is 0.000000469. The number of carboxylic acids is 2. The summed E-state index contributed by atoms with van der Waals surface area (Å²) in [5.74, 6) is -2.52. The van der Waals surface area contributed by atoms with Crippen LogP contribution in [0.4, 0.5) is 5.95 Å². The van der Waals surface area contributed by atoms with Crippen molar-refractivity contribution in [2.75, 3.05) is 0 Å². The van der Waals surface area contributed by atoms with Gasteiger partial charge in [-0.3, -0.25) is 0 Å². The molecule has 1 heterocycles. The number of rotatable bonds is 3. The number of aryl methyl sites for hydroxylation is 2. The van der Waals surface area contributed by atoms with Crippen LogP contribution in [0.5, 0.6) is 0 Å². The standard InChI is InChI=1S/C19H31N5.C2H2O4/c1-14-13-15(2)22-19(21-14)23-18(20)24(16-9-5-3-6-10-16)17-11-7-4-8-12-17;3-1(4)2(5)6/h13,16-17H,3-12H2,1-2H3,(H2,20,21,22,23);(H,3,4)(H,5,6). The fourth-order valence-electron chi connectivity index (χ4n) is 4.31. The molecule has 0 aliphatic heterocycles. The summed E-state index contributed by atoms with van der Waals surface area (Å²) in [6.45, 7) is 3.95. The molecule has 2 aliphatic rings. The highest BCUT2D eigenvalue weighted by atomic mass is 16.4. The summed E-state index contributed by atoms with van der Waals surface area (Å²) in [4.78, 5) is 34.1. The van der Waals surface area contributed by atoms with E-state index in [1.54, 1.807) is 0 Å². The molecule has 1 aromatic heterocycles. The molecule has 166 valence electrons. The second kappa shape index (κ2) is 11.5. The quantitative estimate of drug-likeness (QED) is 0.385. The molecule has 0 spiro atoms. The Bertz CT molecular complexity index is 706. The van der Waals surface area contributed by atoms with Crippen molar-refractivity contribution in [1.82, 2.24) is 14.9 Å². The molecule has 2 aliphatic carbocycles. The number of nitrogens with zero attached hydrogens (tertiary/aromatic N) is 4. The lowest BCUT2D eigenvalue weighted by Crippen LogP contribution is -2.51. The molecule has 2 fully saturated rings. The van der Waals surface area contributed by atoms with Crippen LogP contribution in [0.2, 0.25) is 0 Å². The minimum absolute atomic E-state index is 0.501. The molecule has 0 bridgehead atoms. The first-order valence-corrected chi connectivity index (χ1v) is 10.7. The summed E-state index contributed by atoms with van der Waals surface area (Å²) in [7, 11) is 0. The van der Waals surface area contributed by atoms with Gasteiger partial charge < -0.3 is 20.8 Å². The molecule has 4 N–H and O–H groups in total. The molecular weight excluding hydrogens is 386 g/mol. The van der Waals surface area contributed by atoms with Gasteiger partial charge >= 0.3 is 11.9 Å². The van der Waals surface area contributed by atoms with Crippen molar-refractivity contribution >= 4 is 23.8 Å². The summed E-state index contributed by atoms with van der Waals surface area (Å²) >= 11 is 0. The van der Waals surface area contributed by atoms with Crippen molar-refractivity contribution in [1.29, 1.82) is 0 Å². The fourth-order valence-corrected chi connectivity index (χ4v) is 4.31. The number of carboxylic acid groups (broad SMARTS) is 2. The topological polar surface area (TPSA) is 142 Å². The lowest BCUT2D eigenvalue weighted by atomic mass is 9.89. The van der Waals surface area contributed by atoms with Crippen LogP contribution in [0, 0.1) is 13.8 Å². The second-order valence-corrected chi connectivity index (χ2v) is 8.02. The summed E-state index contributed by atoms with van der Waals surface area (Å²) < 4.78 is 0. The third kappa shape index (κ3) is 7.27. The fraction of sp³-hybridized carbons (Fsp3) is 0.667. The van der Waals surface area contributed by atoms with Gasteiger partial charge in [-0.2, -0.15) is 4.99 Å². The molecule has 3 rings (SSSR count). The van der Waals surface area contributed by atoms with E-state index in [2.05, 4.69) is 19.9 Å². The number of hydrogen-bond donors (Lipinski definition) is 3. The average molecular weight is 420 g/mol. The zero-order chi connectivity index (χ0) is 22.1. The molecule has 0 unspecified atom stereocenters. The zero-order valence-electron chi connectivity index (χ0n) is 17.9. The van der Waals surface area contributed by atoms with Gasteiger partial charge in [0.15, 0.2) is 5.96 Å². The van der Waals surface area contributed by atoms with Crippen molar-refractivity contribution in [3.8, 4) is 0 Å². The first-order chi connectivity index (χ1) is 14.3. The summed E-state index contributed by atoms with van der Waals surface area (Å²) in [5.41, 5.74) is 8.39. The Labute approximate surface area is 177 Å². The molecule has 30 heavy (non-hydrogen) atoms. The number of guanidine groups is 1. The Morgan fingerprint density at radius 1 is 0.900 bits per heavy atom. The molecule has 0 atom stereocenters. The Morgan fingerprint density at radius 2 is 1.30 bits per heavy atom. The predicted molar refractivity (Wildman–Crippen MR) is 114 cm³/mol. The lowest BCUT2D eigenvalue weighted by Gasteiger charge is -2.42. The highest BCUT2D eigenvalue weighted by Gasteiger charge is 2.30. The molecule has 2 saturated carbocycles. The maximum absolute atomic E-state index is 9.10. The van der Waals surface area contributed by atoms with Gasteiger partial charge in [0.1, 0.15) is 0 Å². The van der Waals surface area contributed by atoms with E-state index in [4.69, 9.17) is 25.5 Å². The van der Waals surface area contributed by atoms with Crippen LogP contribution < -0.4 is 5.73 Å². The van der Waals surface area contributed by atoms with E-state index < -0.39 is 11.9 Å². The normalized spacial score (nSPS) is 18.3. The first kappa shape index (κ1) is 23.6. The van der Waals surface area contributed by atoms with E-state index in [1.807, 2.05) is 19.9 Å². The number of nitrogens with two attached hydrogens (primary N) is 1. The predicted octanol–water partition coefficient (Wildman–Crippen LogP) is 3.16. The van der Waals surface area contributed by atoms with E-state index in [1.165, 1.54) is 64.2 Å². The molecular formula is C21H33N5O4. The van der Waals surface area contributed by atoms with Gasteiger partial charge in [-0.15, -0.1) is 0 Å². The maximum Gasteiger partial charge on any atom is 0.414 e. The number of aliphatic imine (C=N–C) groups is 1. The van der Waals surface area contributed by atoms with Gasteiger partial charge in [0.25, 0.3) is 5.95 Å². The average Bonchev–Trinajstić information content (AvgIpc) is 2.69. The van der Waals surface area contributed by atoms with Crippen LogP contribution in [0.3, 0.4) is 0 Å². The number of carbonyl (C=O) groups is 2.